The maximum Gasteiger partial charge on any atom is 0.410 e. The van der Waals surface area contributed by atoms with Gasteiger partial charge in [-0.2, -0.15) is 0 Å². The number of nitrogens with two attached hydrogens (primary N) is 1. The van der Waals surface area contributed by atoms with Gasteiger partial charge in [0.25, 0.3) is 10.0 Å². The number of aromatic nitrogens is 1. The van der Waals surface area contributed by atoms with Crippen LogP contribution in [-0.2, 0) is 14.8 Å². The number of anilines is 2. The van der Waals surface area contributed by atoms with Crippen molar-refractivity contribution in [2.75, 3.05) is 25.1 Å². The van der Waals surface area contributed by atoms with Crippen molar-refractivity contribution in [2.45, 2.75) is 56.3 Å². The fraction of sp³-hybridized carbons (Fsp3) is 0.379. The van der Waals surface area contributed by atoms with Crippen LogP contribution in [0.1, 0.15) is 50.7 Å². The zero-order valence-corrected chi connectivity index (χ0v) is 24.0. The van der Waals surface area contributed by atoms with E-state index in [0.29, 0.717) is 35.9 Å². The van der Waals surface area contributed by atoms with Crippen LogP contribution in [0.4, 0.5) is 16.3 Å². The second kappa shape index (κ2) is 10.6. The van der Waals surface area contributed by atoms with Gasteiger partial charge < -0.3 is 14.4 Å². The van der Waals surface area contributed by atoms with Crippen LogP contribution in [0, 0.1) is 0 Å². The van der Waals surface area contributed by atoms with E-state index in [1.54, 1.807) is 59.5 Å². The number of rotatable bonds is 5. The minimum atomic E-state index is -3.90. The van der Waals surface area contributed by atoms with Gasteiger partial charge in [0.1, 0.15) is 17.2 Å². The Kier molecular flexibility index (Phi) is 7.36. The molecule has 0 saturated carbocycles. The minimum absolute atomic E-state index is 0.171. The number of methoxy groups -OCH3 is 1. The molecule has 1 aromatic heterocycles. The highest BCUT2D eigenvalue weighted by atomic mass is 32.2. The molecule has 10 nitrogen and oxygen atoms in total. The summed E-state index contributed by atoms with van der Waals surface area (Å²) in [7, 11) is -2.32. The molecule has 1 atom stereocenters. The van der Waals surface area contributed by atoms with E-state index in [4.69, 9.17) is 15.2 Å². The molecule has 2 aliphatic heterocycles. The topological polar surface area (TPSA) is 119 Å². The molecule has 1 amide bonds. The Hall–Kier alpha value is -3.83. The van der Waals surface area contributed by atoms with Crippen LogP contribution in [-0.4, -0.2) is 61.7 Å². The van der Waals surface area contributed by atoms with Crippen LogP contribution in [0.25, 0.3) is 0 Å². The van der Waals surface area contributed by atoms with Gasteiger partial charge in [-0.25, -0.2) is 17.2 Å². The number of amides is 1. The number of hydrogen-bond acceptors (Lipinski definition) is 8. The largest absolute Gasteiger partial charge is 0.495 e. The second-order valence-corrected chi connectivity index (χ2v) is 12.8. The molecule has 0 aliphatic carbocycles. The van der Waals surface area contributed by atoms with E-state index in [9.17, 15) is 13.2 Å². The summed E-state index contributed by atoms with van der Waals surface area (Å²) in [5.74, 6) is 1.17. The first kappa shape index (κ1) is 27.7. The molecule has 40 heavy (non-hydrogen) atoms. The number of carbonyl (C=O) groups is 1. The summed E-state index contributed by atoms with van der Waals surface area (Å²) >= 11 is 0. The number of carbonyl (C=O) groups excluding carboxylic acids is 1. The quantitative estimate of drug-likeness (QED) is 0.478. The van der Waals surface area contributed by atoms with Crippen molar-refractivity contribution in [3.05, 3.63) is 71.9 Å². The third kappa shape index (κ3) is 5.31. The molecular weight excluding hydrogens is 530 g/mol. The van der Waals surface area contributed by atoms with E-state index in [1.807, 2.05) is 39.0 Å². The predicted octanol–water partition coefficient (Wildman–Crippen LogP) is 4.66. The van der Waals surface area contributed by atoms with Gasteiger partial charge in [-0.1, -0.05) is 24.3 Å². The molecule has 2 aliphatic rings. The number of fused-ring (bicyclic) bond motifs is 1. The number of likely N-dealkylation sites (tertiary alicyclic amines) is 1. The molecule has 11 heteroatoms. The molecule has 1 saturated heterocycles. The maximum absolute atomic E-state index is 13.6. The Bertz CT molecular complexity index is 1520. The third-order valence-corrected chi connectivity index (χ3v) is 8.78. The molecule has 0 radical (unpaired) electrons. The summed E-state index contributed by atoms with van der Waals surface area (Å²) in [6, 6.07) is 15.8. The lowest BCUT2D eigenvalue weighted by atomic mass is 9.89. The van der Waals surface area contributed by atoms with Crippen LogP contribution >= 0.6 is 0 Å². The average molecular weight is 566 g/mol. The van der Waals surface area contributed by atoms with Crippen molar-refractivity contribution in [1.82, 2.24) is 8.87 Å². The Morgan fingerprint density at radius 2 is 1.75 bits per heavy atom. The highest BCUT2D eigenvalue weighted by Gasteiger charge is 2.33. The van der Waals surface area contributed by atoms with Gasteiger partial charge in [0.2, 0.25) is 0 Å². The first-order chi connectivity index (χ1) is 19.0. The van der Waals surface area contributed by atoms with Crippen LogP contribution in [0.15, 0.2) is 70.7 Å². The van der Waals surface area contributed by atoms with Gasteiger partial charge in [-0.3, -0.25) is 15.6 Å². The summed E-state index contributed by atoms with van der Waals surface area (Å²) in [6.45, 7) is 6.79. The van der Waals surface area contributed by atoms with Crippen molar-refractivity contribution in [3.8, 4) is 5.75 Å². The molecule has 3 aromatic rings. The van der Waals surface area contributed by atoms with Gasteiger partial charge in [-0.15, -0.1) is 0 Å². The van der Waals surface area contributed by atoms with Crippen molar-refractivity contribution >= 4 is 33.8 Å². The summed E-state index contributed by atoms with van der Waals surface area (Å²) in [6.07, 6.45) is 3.54. The SMILES string of the molecule is COc1cc(C2CCN(C(=O)OC(C)(C)C)CC2)ccc1N1c2c(ccn2S(=O)(=O)c2ccccc2)C=NC1N. The molecule has 3 heterocycles. The lowest BCUT2D eigenvalue weighted by Gasteiger charge is -2.35. The number of aliphatic imine (C=N–C) groups is 1. The zero-order valence-electron chi connectivity index (χ0n) is 23.1. The first-order valence-electron chi connectivity index (χ1n) is 13.3. The molecular formula is C29H35N5O5S. The van der Waals surface area contributed by atoms with Crippen LogP contribution in [0.5, 0.6) is 5.75 Å². The van der Waals surface area contributed by atoms with Crippen molar-refractivity contribution < 1.29 is 22.7 Å². The summed E-state index contributed by atoms with van der Waals surface area (Å²) in [4.78, 5) is 20.5. The van der Waals surface area contributed by atoms with Crippen LogP contribution in [0.3, 0.4) is 0 Å². The van der Waals surface area contributed by atoms with Crippen molar-refractivity contribution in [3.63, 3.8) is 0 Å². The number of piperidine rings is 1. The monoisotopic (exact) mass is 565 g/mol. The highest BCUT2D eigenvalue weighted by molar-refractivity contribution is 7.90. The molecule has 1 fully saturated rings. The molecule has 1 unspecified atom stereocenters. The van der Waals surface area contributed by atoms with E-state index in [-0.39, 0.29) is 16.9 Å². The second-order valence-electron chi connectivity index (χ2n) is 10.9. The minimum Gasteiger partial charge on any atom is -0.495 e. The molecule has 212 valence electrons. The average Bonchev–Trinajstić information content (AvgIpc) is 3.37. The third-order valence-electron chi connectivity index (χ3n) is 7.10. The van der Waals surface area contributed by atoms with Crippen LogP contribution in [0.2, 0.25) is 0 Å². The van der Waals surface area contributed by atoms with Crippen molar-refractivity contribution in [2.24, 2.45) is 10.7 Å². The molecule has 0 spiro atoms. The Labute approximate surface area is 235 Å². The summed E-state index contributed by atoms with van der Waals surface area (Å²) < 4.78 is 39.8. The zero-order chi connectivity index (χ0) is 28.7. The summed E-state index contributed by atoms with van der Waals surface area (Å²) in [5, 5.41) is 0. The number of ether oxygens (including phenoxy) is 2. The van der Waals surface area contributed by atoms with Gasteiger partial charge in [-0.05, 0) is 75.4 Å². The fourth-order valence-electron chi connectivity index (χ4n) is 5.14. The Balaban J connectivity index is 1.44. The van der Waals surface area contributed by atoms with E-state index in [2.05, 4.69) is 4.99 Å². The number of benzene rings is 2. The smallest absolute Gasteiger partial charge is 0.410 e. The van der Waals surface area contributed by atoms with Gasteiger partial charge in [0, 0.05) is 31.1 Å². The summed E-state index contributed by atoms with van der Waals surface area (Å²) in [5.41, 5.74) is 8.22. The van der Waals surface area contributed by atoms with Crippen molar-refractivity contribution in [1.29, 1.82) is 0 Å². The van der Waals surface area contributed by atoms with Gasteiger partial charge in [0.05, 0.1) is 17.7 Å². The number of nitrogens with zero attached hydrogens (tertiary/aromatic N) is 4. The molecule has 2 aromatic carbocycles. The lowest BCUT2D eigenvalue weighted by molar-refractivity contribution is 0.0204. The predicted molar refractivity (Wildman–Crippen MR) is 154 cm³/mol. The molecule has 2 N–H and O–H groups in total. The van der Waals surface area contributed by atoms with E-state index >= 15 is 0 Å². The normalized spacial score (nSPS) is 18.0. The lowest BCUT2D eigenvalue weighted by Crippen LogP contribution is -2.42. The van der Waals surface area contributed by atoms with E-state index < -0.39 is 21.9 Å². The van der Waals surface area contributed by atoms with Crippen LogP contribution < -0.4 is 15.4 Å². The Morgan fingerprint density at radius 1 is 1.05 bits per heavy atom. The standard InChI is InChI=1S/C29H35N5O5S/c1-29(2,3)39-28(35)32-15-12-20(13-16-32)21-10-11-24(25(18-21)38-4)34-26-22(19-31-27(34)30)14-17-33(26)40(36,37)23-8-6-5-7-9-23/h5-11,14,17-20,27H,12-13,15-16,30H2,1-4H3. The Morgan fingerprint density at radius 3 is 2.40 bits per heavy atom. The fourth-order valence-corrected chi connectivity index (χ4v) is 6.51. The molecule has 5 rings (SSSR count). The highest BCUT2D eigenvalue weighted by Crippen LogP contribution is 2.42. The van der Waals surface area contributed by atoms with E-state index in [0.717, 1.165) is 18.4 Å². The molecule has 0 bridgehead atoms. The van der Waals surface area contributed by atoms with Gasteiger partial charge in [0.15, 0.2) is 6.29 Å². The van der Waals surface area contributed by atoms with Gasteiger partial charge >= 0.3 is 6.09 Å². The maximum atomic E-state index is 13.6. The first-order valence-corrected chi connectivity index (χ1v) is 14.7. The van der Waals surface area contributed by atoms with E-state index in [1.165, 1.54) is 10.2 Å². The number of hydrogen-bond donors (Lipinski definition) is 1.